The molecule has 0 spiro atoms. The molecule has 0 unspecified atom stereocenters. The fourth-order valence-corrected chi connectivity index (χ4v) is 2.89. The van der Waals surface area contributed by atoms with E-state index in [0.29, 0.717) is 17.9 Å². The van der Waals surface area contributed by atoms with Crippen molar-refractivity contribution >= 4 is 23.5 Å². The lowest BCUT2D eigenvalue weighted by Crippen LogP contribution is -2.29. The zero-order chi connectivity index (χ0) is 17.2. The average Bonchev–Trinajstić information content (AvgIpc) is 2.61. The zero-order valence-electron chi connectivity index (χ0n) is 13.7. The molecule has 2 rings (SSSR count). The highest BCUT2D eigenvalue weighted by atomic mass is 32.2. The van der Waals surface area contributed by atoms with Crippen LogP contribution in [0.1, 0.15) is 23.7 Å². The van der Waals surface area contributed by atoms with E-state index >= 15 is 0 Å². The van der Waals surface area contributed by atoms with Crippen molar-refractivity contribution < 1.29 is 14.3 Å². The minimum atomic E-state index is -0.159. The highest BCUT2D eigenvalue weighted by Crippen LogP contribution is 2.17. The van der Waals surface area contributed by atoms with E-state index < -0.39 is 0 Å². The van der Waals surface area contributed by atoms with Gasteiger partial charge in [-0.1, -0.05) is 30.3 Å². The number of hydrogen-bond acceptors (Lipinski definition) is 4. The molecule has 0 atom stereocenters. The molecule has 1 N–H and O–H groups in total. The predicted molar refractivity (Wildman–Crippen MR) is 96.7 cm³/mol. The van der Waals surface area contributed by atoms with Crippen molar-refractivity contribution in [3.8, 4) is 5.75 Å². The van der Waals surface area contributed by atoms with Crippen LogP contribution < -0.4 is 10.1 Å². The lowest BCUT2D eigenvalue weighted by Gasteiger charge is -2.08. The standard InChI is InChI=1S/C19H21NO3S/c1-15(21)16-7-5-8-17(13-16)23-14-19(22)20-11-6-12-24-18-9-3-2-4-10-18/h2-5,7-10,13H,6,11-12,14H2,1H3,(H,20,22). The Morgan fingerprint density at radius 2 is 1.88 bits per heavy atom. The number of carbonyl (C=O) groups excluding carboxylic acids is 2. The first-order valence-corrected chi connectivity index (χ1v) is 8.82. The number of hydrogen-bond donors (Lipinski definition) is 1. The molecule has 2 aromatic carbocycles. The van der Waals surface area contributed by atoms with Crippen LogP contribution in [0, 0.1) is 0 Å². The van der Waals surface area contributed by atoms with Crippen LogP contribution in [0.2, 0.25) is 0 Å². The van der Waals surface area contributed by atoms with Gasteiger partial charge in [-0.25, -0.2) is 0 Å². The number of nitrogens with one attached hydrogen (secondary N) is 1. The topological polar surface area (TPSA) is 55.4 Å². The molecule has 0 aliphatic rings. The summed E-state index contributed by atoms with van der Waals surface area (Å²) in [5, 5.41) is 2.83. The van der Waals surface area contributed by atoms with E-state index in [1.54, 1.807) is 36.0 Å². The van der Waals surface area contributed by atoms with Gasteiger partial charge in [0.15, 0.2) is 12.4 Å². The van der Waals surface area contributed by atoms with Crippen LogP contribution in [0.5, 0.6) is 5.75 Å². The fourth-order valence-electron chi connectivity index (χ4n) is 2.01. The Morgan fingerprint density at radius 1 is 1.08 bits per heavy atom. The summed E-state index contributed by atoms with van der Waals surface area (Å²) in [5.41, 5.74) is 0.575. The van der Waals surface area contributed by atoms with Gasteiger partial charge in [-0.2, -0.15) is 0 Å². The van der Waals surface area contributed by atoms with Gasteiger partial charge in [0.2, 0.25) is 0 Å². The molecule has 1 amide bonds. The van der Waals surface area contributed by atoms with Crippen LogP contribution in [-0.4, -0.2) is 30.6 Å². The maximum atomic E-state index is 11.8. The van der Waals surface area contributed by atoms with Gasteiger partial charge in [-0.15, -0.1) is 11.8 Å². The van der Waals surface area contributed by atoms with Crippen LogP contribution in [0.4, 0.5) is 0 Å². The minimum Gasteiger partial charge on any atom is -0.484 e. The van der Waals surface area contributed by atoms with E-state index in [9.17, 15) is 9.59 Å². The van der Waals surface area contributed by atoms with Crippen molar-refractivity contribution in [3.05, 3.63) is 60.2 Å². The second-order valence-electron chi connectivity index (χ2n) is 5.24. The lowest BCUT2D eigenvalue weighted by molar-refractivity contribution is -0.123. The van der Waals surface area contributed by atoms with Crippen molar-refractivity contribution in [2.45, 2.75) is 18.2 Å². The molecule has 24 heavy (non-hydrogen) atoms. The Morgan fingerprint density at radius 3 is 2.62 bits per heavy atom. The van der Waals surface area contributed by atoms with Crippen molar-refractivity contribution in [2.24, 2.45) is 0 Å². The van der Waals surface area contributed by atoms with E-state index in [1.165, 1.54) is 11.8 Å². The van der Waals surface area contributed by atoms with Gasteiger partial charge < -0.3 is 10.1 Å². The Kier molecular flexibility index (Phi) is 7.36. The fraction of sp³-hybridized carbons (Fsp3) is 0.263. The second-order valence-corrected chi connectivity index (χ2v) is 6.41. The number of ketones is 1. The quantitative estimate of drug-likeness (QED) is 0.430. The molecule has 0 heterocycles. The molecule has 2 aromatic rings. The van der Waals surface area contributed by atoms with Crippen LogP contribution in [0.25, 0.3) is 0 Å². The second kappa shape index (κ2) is 9.78. The number of thioether (sulfide) groups is 1. The van der Waals surface area contributed by atoms with Gasteiger partial charge in [0, 0.05) is 17.0 Å². The maximum Gasteiger partial charge on any atom is 0.257 e. The maximum absolute atomic E-state index is 11.8. The molecule has 0 aliphatic heterocycles. The molecule has 0 fully saturated rings. The van der Waals surface area contributed by atoms with E-state index in [1.807, 2.05) is 18.2 Å². The summed E-state index contributed by atoms with van der Waals surface area (Å²) in [4.78, 5) is 24.3. The molecule has 0 saturated heterocycles. The number of amides is 1. The average molecular weight is 343 g/mol. The van der Waals surface area contributed by atoms with E-state index in [-0.39, 0.29) is 18.3 Å². The van der Waals surface area contributed by atoms with Gasteiger partial charge in [0.1, 0.15) is 5.75 Å². The van der Waals surface area contributed by atoms with Crippen molar-refractivity contribution in [2.75, 3.05) is 18.9 Å². The third-order valence-corrected chi connectivity index (χ3v) is 4.36. The Balaban J connectivity index is 1.61. The number of rotatable bonds is 9. The van der Waals surface area contributed by atoms with E-state index in [0.717, 1.165) is 12.2 Å². The predicted octanol–water partition coefficient (Wildman–Crippen LogP) is 3.57. The monoisotopic (exact) mass is 343 g/mol. The van der Waals surface area contributed by atoms with E-state index in [2.05, 4.69) is 17.4 Å². The Bertz CT molecular complexity index is 673. The van der Waals surface area contributed by atoms with Gasteiger partial charge in [-0.3, -0.25) is 9.59 Å². The molecule has 4 nitrogen and oxygen atoms in total. The number of Topliss-reactive ketones (excluding diaryl/α,β-unsaturated/α-hetero) is 1. The molecule has 5 heteroatoms. The van der Waals surface area contributed by atoms with Gasteiger partial charge in [0.05, 0.1) is 0 Å². The van der Waals surface area contributed by atoms with Crippen LogP contribution in [-0.2, 0) is 4.79 Å². The summed E-state index contributed by atoms with van der Waals surface area (Å²) >= 11 is 1.77. The van der Waals surface area contributed by atoms with Crippen molar-refractivity contribution in [3.63, 3.8) is 0 Å². The first kappa shape index (κ1) is 18.1. The summed E-state index contributed by atoms with van der Waals surface area (Å²) < 4.78 is 5.42. The summed E-state index contributed by atoms with van der Waals surface area (Å²) in [6.07, 6.45) is 0.894. The molecule has 0 aliphatic carbocycles. The van der Waals surface area contributed by atoms with Gasteiger partial charge in [-0.05, 0) is 43.4 Å². The van der Waals surface area contributed by atoms with Gasteiger partial charge >= 0.3 is 0 Å². The minimum absolute atomic E-state index is 0.0270. The molecular formula is C19H21NO3S. The number of carbonyl (C=O) groups is 2. The largest absolute Gasteiger partial charge is 0.484 e. The molecule has 0 saturated carbocycles. The third kappa shape index (κ3) is 6.46. The number of benzene rings is 2. The van der Waals surface area contributed by atoms with Crippen molar-refractivity contribution in [1.29, 1.82) is 0 Å². The molecule has 0 radical (unpaired) electrons. The summed E-state index contributed by atoms with van der Waals surface area (Å²) in [7, 11) is 0. The molecular weight excluding hydrogens is 322 g/mol. The SMILES string of the molecule is CC(=O)c1cccc(OCC(=O)NCCCSc2ccccc2)c1. The normalized spacial score (nSPS) is 10.2. The highest BCUT2D eigenvalue weighted by molar-refractivity contribution is 7.99. The number of ether oxygens (including phenoxy) is 1. The van der Waals surface area contributed by atoms with Gasteiger partial charge in [0.25, 0.3) is 5.91 Å². The summed E-state index contributed by atoms with van der Waals surface area (Å²) in [5.74, 6) is 1.29. The molecule has 0 bridgehead atoms. The highest BCUT2D eigenvalue weighted by Gasteiger charge is 2.04. The molecule has 126 valence electrons. The first-order valence-electron chi connectivity index (χ1n) is 7.83. The smallest absolute Gasteiger partial charge is 0.257 e. The summed E-state index contributed by atoms with van der Waals surface area (Å²) in [6.45, 7) is 2.07. The zero-order valence-corrected chi connectivity index (χ0v) is 14.5. The van der Waals surface area contributed by atoms with Crippen molar-refractivity contribution in [1.82, 2.24) is 5.32 Å². The Hall–Kier alpha value is -2.27. The van der Waals surface area contributed by atoms with Crippen LogP contribution in [0.3, 0.4) is 0 Å². The first-order chi connectivity index (χ1) is 11.6. The van der Waals surface area contributed by atoms with Crippen LogP contribution in [0.15, 0.2) is 59.5 Å². The Labute approximate surface area is 146 Å². The van der Waals surface area contributed by atoms with Crippen LogP contribution >= 0.6 is 11.8 Å². The lowest BCUT2D eigenvalue weighted by atomic mass is 10.1. The van der Waals surface area contributed by atoms with E-state index in [4.69, 9.17) is 4.74 Å². The summed E-state index contributed by atoms with van der Waals surface area (Å²) in [6, 6.07) is 17.0. The molecule has 0 aromatic heterocycles. The third-order valence-electron chi connectivity index (χ3n) is 3.27.